The van der Waals surface area contributed by atoms with Gasteiger partial charge in [0.1, 0.15) is 24.8 Å². The first-order valence-electron chi connectivity index (χ1n) is 9.32. The minimum atomic E-state index is -1.04. The smallest absolute Gasteiger partial charge is 0.123 e. The summed E-state index contributed by atoms with van der Waals surface area (Å²) in [5, 5.41) is 0. The lowest BCUT2D eigenvalue weighted by Crippen LogP contribution is -2.21. The number of aromatic nitrogens is 4. The van der Waals surface area contributed by atoms with Crippen LogP contribution < -0.4 is 0 Å². The fourth-order valence-electron chi connectivity index (χ4n) is 2.22. The lowest BCUT2D eigenvalue weighted by atomic mass is 10.4. The Morgan fingerprint density at radius 2 is 1.12 bits per heavy atom. The summed E-state index contributed by atoms with van der Waals surface area (Å²) >= 11 is 0. The third-order valence-corrected chi connectivity index (χ3v) is 7.41. The van der Waals surface area contributed by atoms with Crippen molar-refractivity contribution in [1.82, 2.24) is 19.1 Å². The van der Waals surface area contributed by atoms with Crippen LogP contribution in [0, 0.1) is 0 Å². The second-order valence-electron chi connectivity index (χ2n) is 9.24. The molecule has 0 N–H and O–H groups in total. The van der Waals surface area contributed by atoms with E-state index >= 15 is 0 Å². The van der Waals surface area contributed by atoms with Gasteiger partial charge in [0, 0.05) is 41.8 Å². The predicted molar refractivity (Wildman–Crippen MR) is 112 cm³/mol. The van der Waals surface area contributed by atoms with E-state index in [0.717, 1.165) is 24.6 Å². The first-order valence-corrected chi connectivity index (χ1v) is 16.7. The second kappa shape index (κ2) is 9.12. The van der Waals surface area contributed by atoms with Crippen molar-refractivity contribution in [3.63, 3.8) is 0 Å². The molecule has 0 fully saturated rings. The van der Waals surface area contributed by atoms with Crippen molar-refractivity contribution < 1.29 is 9.47 Å². The lowest BCUT2D eigenvalue weighted by Gasteiger charge is -2.15. The van der Waals surface area contributed by atoms with Crippen molar-refractivity contribution >= 4 is 16.1 Å². The number of hydrogen-bond donors (Lipinski definition) is 0. The summed E-state index contributed by atoms with van der Waals surface area (Å²) in [6.07, 6.45) is 7.56. The number of nitrogens with zero attached hydrogens (tertiary/aromatic N) is 4. The van der Waals surface area contributed by atoms with Gasteiger partial charge in [0.05, 0.1) is 12.7 Å². The Labute approximate surface area is 159 Å². The largest absolute Gasteiger partial charge is 0.361 e. The number of rotatable bonds is 11. The molecule has 0 radical (unpaired) electrons. The highest BCUT2D eigenvalue weighted by atomic mass is 28.3. The van der Waals surface area contributed by atoms with Gasteiger partial charge in [-0.05, 0) is 12.1 Å². The van der Waals surface area contributed by atoms with Gasteiger partial charge in [0.2, 0.25) is 0 Å². The molecule has 2 aromatic heterocycles. The van der Waals surface area contributed by atoms with Crippen LogP contribution in [-0.4, -0.2) is 48.5 Å². The Kier molecular flexibility index (Phi) is 7.39. The number of imidazole rings is 2. The van der Waals surface area contributed by atoms with E-state index in [9.17, 15) is 0 Å². The van der Waals surface area contributed by atoms with E-state index in [4.69, 9.17) is 9.47 Å². The van der Waals surface area contributed by atoms with Crippen molar-refractivity contribution in [1.29, 1.82) is 0 Å². The van der Waals surface area contributed by atoms with Gasteiger partial charge in [0.25, 0.3) is 0 Å². The molecule has 2 heterocycles. The van der Waals surface area contributed by atoms with Crippen molar-refractivity contribution in [2.75, 3.05) is 13.2 Å². The molecule has 2 aromatic rings. The molecule has 0 aliphatic heterocycles. The zero-order valence-corrected chi connectivity index (χ0v) is 19.2. The third-order valence-electron chi connectivity index (χ3n) is 4.00. The molecule has 8 heteroatoms. The maximum atomic E-state index is 5.76. The van der Waals surface area contributed by atoms with E-state index in [-0.39, 0.29) is 0 Å². The maximum absolute atomic E-state index is 5.76. The minimum absolute atomic E-state index is 0.540. The summed E-state index contributed by atoms with van der Waals surface area (Å²) < 4.78 is 15.4. The molecule has 0 aromatic carbocycles. The quantitative estimate of drug-likeness (QED) is 0.419. The van der Waals surface area contributed by atoms with E-state index in [1.54, 1.807) is 12.7 Å². The van der Waals surface area contributed by atoms with E-state index < -0.39 is 16.1 Å². The molecule has 0 aliphatic rings. The summed E-state index contributed by atoms with van der Waals surface area (Å²) in [5.41, 5.74) is 1.72. The van der Waals surface area contributed by atoms with E-state index in [1.165, 1.54) is 12.1 Å². The van der Waals surface area contributed by atoms with Gasteiger partial charge < -0.3 is 18.6 Å². The zero-order chi connectivity index (χ0) is 19.2. The minimum Gasteiger partial charge on any atom is -0.361 e. The molecule has 2 rings (SSSR count). The van der Waals surface area contributed by atoms with Gasteiger partial charge in [-0.25, -0.2) is 9.97 Å². The van der Waals surface area contributed by atoms with E-state index in [1.807, 2.05) is 21.5 Å². The predicted octanol–water partition coefficient (Wildman–Crippen LogP) is 4.37. The van der Waals surface area contributed by atoms with Crippen LogP contribution in [0.1, 0.15) is 0 Å². The lowest BCUT2D eigenvalue weighted by molar-refractivity contribution is 0.0870. The number of ether oxygens (including phenoxy) is 2. The Morgan fingerprint density at radius 1 is 0.731 bits per heavy atom. The third kappa shape index (κ3) is 7.98. The monoisotopic (exact) mass is 394 g/mol. The fourth-order valence-corrected chi connectivity index (χ4v) is 3.74. The topological polar surface area (TPSA) is 54.1 Å². The van der Waals surface area contributed by atoms with Gasteiger partial charge in [-0.15, -0.1) is 0 Å². The Bertz CT molecular complexity index is 613. The molecule has 0 atom stereocenters. The molecule has 6 nitrogen and oxygen atoms in total. The first kappa shape index (κ1) is 21.1. The molecule has 0 saturated heterocycles. The Balaban J connectivity index is 1.77. The molecule has 0 saturated carbocycles. The highest BCUT2D eigenvalue weighted by molar-refractivity contribution is 6.76. The fraction of sp³-hybridized carbons (Fsp3) is 0.667. The highest BCUT2D eigenvalue weighted by Crippen LogP contribution is 2.15. The van der Waals surface area contributed by atoms with Crippen LogP contribution in [0.5, 0.6) is 0 Å². The van der Waals surface area contributed by atoms with Crippen LogP contribution in [0.2, 0.25) is 51.4 Å². The maximum Gasteiger partial charge on any atom is 0.123 e. The van der Waals surface area contributed by atoms with Crippen molar-refractivity contribution in [2.45, 2.75) is 64.8 Å². The van der Waals surface area contributed by atoms with E-state index in [2.05, 4.69) is 49.3 Å². The summed E-state index contributed by atoms with van der Waals surface area (Å²) in [6.45, 7) is 16.9. The van der Waals surface area contributed by atoms with Crippen LogP contribution in [0.4, 0.5) is 0 Å². The average Bonchev–Trinajstić information content (AvgIpc) is 3.15. The van der Waals surface area contributed by atoms with Crippen LogP contribution in [-0.2, 0) is 22.9 Å². The highest BCUT2D eigenvalue weighted by Gasteiger charge is 2.13. The van der Waals surface area contributed by atoms with Gasteiger partial charge >= 0.3 is 0 Å². The van der Waals surface area contributed by atoms with Crippen LogP contribution in [0.15, 0.2) is 25.0 Å². The van der Waals surface area contributed by atoms with Crippen molar-refractivity contribution in [3.05, 3.63) is 25.0 Å². The van der Waals surface area contributed by atoms with Gasteiger partial charge in [0.15, 0.2) is 0 Å². The van der Waals surface area contributed by atoms with Crippen molar-refractivity contribution in [3.8, 4) is 11.4 Å². The molecular weight excluding hydrogens is 360 g/mol. The normalized spacial score (nSPS) is 12.7. The summed E-state index contributed by atoms with van der Waals surface area (Å²) in [4.78, 5) is 8.87. The van der Waals surface area contributed by atoms with Crippen LogP contribution in [0.3, 0.4) is 0 Å². The molecular formula is C18H34N4O2Si2. The zero-order valence-electron chi connectivity index (χ0n) is 17.2. The second-order valence-corrected chi connectivity index (χ2v) is 20.5. The summed E-state index contributed by atoms with van der Waals surface area (Å²) in [5.74, 6) is 0. The SMILES string of the molecule is C[Si](C)(C)CCOCn1cnc(-c2cn(COCC[Si](C)(C)C)cn2)c1. The molecule has 146 valence electrons. The molecule has 0 amide bonds. The molecule has 0 bridgehead atoms. The van der Waals surface area contributed by atoms with Gasteiger partial charge in [-0.1, -0.05) is 39.3 Å². The molecule has 26 heavy (non-hydrogen) atoms. The molecule has 0 unspecified atom stereocenters. The van der Waals surface area contributed by atoms with E-state index in [0.29, 0.717) is 13.5 Å². The first-order chi connectivity index (χ1) is 12.1. The summed E-state index contributed by atoms with van der Waals surface area (Å²) in [7, 11) is -2.07. The standard InChI is InChI=1S/C18H34N4O2Si2/c1-25(2,3)9-7-23-15-21-11-17(19-13-21)18-12-22(14-20-18)16-24-8-10-26(4,5)6/h11-14H,7-10,15-16H2,1-6H3. The van der Waals surface area contributed by atoms with Crippen LogP contribution >= 0.6 is 0 Å². The summed E-state index contributed by atoms with van der Waals surface area (Å²) in [6, 6.07) is 2.35. The van der Waals surface area contributed by atoms with Gasteiger partial charge in [-0.2, -0.15) is 0 Å². The molecule has 0 aliphatic carbocycles. The average molecular weight is 395 g/mol. The van der Waals surface area contributed by atoms with Crippen LogP contribution in [0.25, 0.3) is 11.4 Å². The van der Waals surface area contributed by atoms with Crippen molar-refractivity contribution in [2.24, 2.45) is 0 Å². The number of hydrogen-bond acceptors (Lipinski definition) is 4. The molecule has 0 spiro atoms. The Morgan fingerprint density at radius 3 is 1.46 bits per heavy atom. The van der Waals surface area contributed by atoms with Gasteiger partial charge in [-0.3, -0.25) is 0 Å². The Hall–Kier alpha value is -1.23.